The van der Waals surface area contributed by atoms with Crippen molar-refractivity contribution in [1.82, 2.24) is 14.5 Å². The van der Waals surface area contributed by atoms with Gasteiger partial charge in [0.25, 0.3) is 0 Å². The molecule has 0 fully saturated rings. The van der Waals surface area contributed by atoms with Crippen LogP contribution >= 0.6 is 0 Å². The maximum atomic E-state index is 6.70. The van der Waals surface area contributed by atoms with E-state index in [1.54, 1.807) is 0 Å². The van der Waals surface area contributed by atoms with Crippen LogP contribution in [0.1, 0.15) is 31.9 Å². The topological polar surface area (TPSA) is 39.9 Å². The Labute approximate surface area is 342 Å². The Balaban J connectivity index is 0.00000465. The van der Waals surface area contributed by atoms with Crippen LogP contribution in [0.5, 0.6) is 11.5 Å². The fourth-order valence-electron chi connectivity index (χ4n) is 7.19. The summed E-state index contributed by atoms with van der Waals surface area (Å²) in [6.07, 6.45) is 4.81. The third-order valence-corrected chi connectivity index (χ3v) is 13.7. The molecule has 0 spiro atoms. The van der Waals surface area contributed by atoms with Gasteiger partial charge >= 0.3 is 173 Å². The molecule has 0 atom stereocenters. The number of ether oxygens (including phenoxy) is 1. The first-order valence-electron chi connectivity index (χ1n) is 18.8. The van der Waals surface area contributed by atoms with Crippen LogP contribution in [0.25, 0.3) is 61.1 Å². The van der Waals surface area contributed by atoms with Crippen LogP contribution in [-0.4, -0.2) is 27.8 Å². The van der Waals surface area contributed by atoms with Gasteiger partial charge in [0, 0.05) is 23.9 Å². The Morgan fingerprint density at radius 3 is 2.09 bits per heavy atom. The molecule has 0 aliphatic carbocycles. The van der Waals surface area contributed by atoms with E-state index in [-0.39, 0.29) is 26.5 Å². The van der Waals surface area contributed by atoms with Crippen molar-refractivity contribution < 1.29 is 25.8 Å². The standard InChI is InChI=1S/C49H45GeN3O.Pt/c1-49(2,3)44-14-8-7-13-41(44)37-29-38(45-15-9-11-27-51-45)31-40(30-37)54-39-22-23-42-43-32-36(35-19-17-34(18-20-35)25-26-50(4,5)6)21-24-46(43)53(47(42)33-39)48-16-10-12-28-52-48;/h7-24,27-30,32H,25-26H2,1-6H3;/q-2;+2. The van der Waals surface area contributed by atoms with Crippen LogP contribution in [0.3, 0.4) is 0 Å². The van der Waals surface area contributed by atoms with Crippen LogP contribution in [0, 0.1) is 12.1 Å². The fraction of sp³-hybridized carbons (Fsp3) is 0.184. The summed E-state index contributed by atoms with van der Waals surface area (Å²) in [5, 5.41) is 3.58. The Hall–Kier alpha value is -4.77. The molecular formula is C49H45GeN3OPt. The molecular weight excluding hydrogens is 914 g/mol. The molecule has 0 saturated heterocycles. The van der Waals surface area contributed by atoms with E-state index in [0.717, 1.165) is 56.4 Å². The van der Waals surface area contributed by atoms with E-state index < -0.39 is 13.3 Å². The van der Waals surface area contributed by atoms with Crippen molar-refractivity contribution in [3.05, 3.63) is 163 Å². The molecule has 0 bridgehead atoms. The van der Waals surface area contributed by atoms with Crippen molar-refractivity contribution in [3.63, 3.8) is 0 Å². The molecule has 0 saturated carbocycles. The zero-order chi connectivity index (χ0) is 37.5. The molecule has 6 heteroatoms. The second-order valence-corrected chi connectivity index (χ2v) is 28.2. The SMILES string of the molecule is CC(C)(C)c1ccccc1-c1cc(Oc2[c-]c3c(cc2)c2cc(-c4ccc(C[CH2][Ge]([CH3])([CH3])[CH3])cc4)ccc2n3-c2ccccn2)[c-]c(-c2ccccn2)c1.[Pt+2]. The van der Waals surface area contributed by atoms with Gasteiger partial charge in [-0.3, -0.25) is 0 Å². The number of hydrogen-bond acceptors (Lipinski definition) is 3. The van der Waals surface area contributed by atoms with Crippen LogP contribution in [0.4, 0.5) is 0 Å². The number of hydrogen-bond donors (Lipinski definition) is 0. The van der Waals surface area contributed by atoms with Crippen molar-refractivity contribution in [2.75, 3.05) is 0 Å². The predicted octanol–water partition coefficient (Wildman–Crippen LogP) is 13.1. The number of pyridine rings is 2. The van der Waals surface area contributed by atoms with E-state index >= 15 is 0 Å². The van der Waals surface area contributed by atoms with E-state index in [2.05, 4.69) is 145 Å². The maximum absolute atomic E-state index is 6.70. The summed E-state index contributed by atoms with van der Waals surface area (Å²) < 4.78 is 8.88. The van der Waals surface area contributed by atoms with Gasteiger partial charge in [0.1, 0.15) is 0 Å². The van der Waals surface area contributed by atoms with Gasteiger partial charge in [-0.05, 0) is 40.4 Å². The molecule has 0 amide bonds. The normalized spacial score (nSPS) is 11.8. The summed E-state index contributed by atoms with van der Waals surface area (Å²) in [5.74, 6) is 9.49. The molecule has 0 aliphatic rings. The molecule has 0 N–H and O–H groups in total. The quantitative estimate of drug-likeness (QED) is 0.107. The third-order valence-electron chi connectivity index (χ3n) is 10.0. The zero-order valence-corrected chi connectivity index (χ0v) is 36.6. The average molecular weight is 960 g/mol. The van der Waals surface area contributed by atoms with Crippen LogP contribution in [0.2, 0.25) is 22.5 Å². The van der Waals surface area contributed by atoms with Crippen molar-refractivity contribution in [2.45, 2.75) is 55.1 Å². The van der Waals surface area contributed by atoms with Gasteiger partial charge in [0.15, 0.2) is 0 Å². The van der Waals surface area contributed by atoms with E-state index in [0.29, 0.717) is 11.5 Å². The predicted molar refractivity (Wildman–Crippen MR) is 227 cm³/mol. The Bertz CT molecular complexity index is 2590. The van der Waals surface area contributed by atoms with E-state index in [1.165, 1.54) is 27.5 Å². The van der Waals surface area contributed by atoms with Crippen molar-refractivity contribution >= 4 is 35.1 Å². The molecule has 3 heterocycles. The van der Waals surface area contributed by atoms with Gasteiger partial charge in [-0.25, -0.2) is 4.98 Å². The van der Waals surface area contributed by atoms with E-state index in [1.807, 2.05) is 54.9 Å². The van der Waals surface area contributed by atoms with Crippen molar-refractivity contribution in [3.8, 4) is 50.8 Å². The smallest absolute Gasteiger partial charge is 0.305 e. The van der Waals surface area contributed by atoms with Gasteiger partial charge in [0.05, 0.1) is 0 Å². The zero-order valence-electron chi connectivity index (χ0n) is 32.3. The fourth-order valence-corrected chi connectivity index (χ4v) is 9.37. The van der Waals surface area contributed by atoms with Gasteiger partial charge < -0.3 is 9.72 Å². The number of nitrogens with zero attached hydrogens (tertiary/aromatic N) is 3. The molecule has 4 nitrogen and oxygen atoms in total. The van der Waals surface area contributed by atoms with Gasteiger partial charge in [-0.15, -0.1) is 11.6 Å². The van der Waals surface area contributed by atoms with E-state index in [4.69, 9.17) is 9.72 Å². The number of fused-ring (bicyclic) bond motifs is 3. The molecule has 8 aromatic rings. The van der Waals surface area contributed by atoms with E-state index in [9.17, 15) is 0 Å². The van der Waals surface area contributed by atoms with Crippen LogP contribution < -0.4 is 4.74 Å². The molecule has 0 aliphatic heterocycles. The van der Waals surface area contributed by atoms with Crippen LogP contribution in [-0.2, 0) is 32.9 Å². The summed E-state index contributed by atoms with van der Waals surface area (Å²) in [6, 6.07) is 52.0. The minimum atomic E-state index is -1.58. The molecule has 276 valence electrons. The van der Waals surface area contributed by atoms with Gasteiger partial charge in [-0.2, -0.15) is 0 Å². The summed E-state index contributed by atoms with van der Waals surface area (Å²) in [6.45, 7) is 6.74. The number of rotatable bonds is 9. The van der Waals surface area contributed by atoms with Crippen LogP contribution in [0.15, 0.2) is 140 Å². The number of benzene rings is 5. The van der Waals surface area contributed by atoms with Crippen molar-refractivity contribution in [2.24, 2.45) is 0 Å². The summed E-state index contributed by atoms with van der Waals surface area (Å²) in [5.41, 5.74) is 10.9. The first-order chi connectivity index (χ1) is 26.0. The second kappa shape index (κ2) is 15.8. The molecule has 8 rings (SSSR count). The molecule has 0 unspecified atom stereocenters. The average Bonchev–Trinajstić information content (AvgIpc) is 3.50. The number of aryl methyl sites for hydroxylation is 1. The van der Waals surface area contributed by atoms with Gasteiger partial charge in [0.2, 0.25) is 0 Å². The monoisotopic (exact) mass is 960 g/mol. The molecule has 55 heavy (non-hydrogen) atoms. The minimum absolute atomic E-state index is 0. The Kier molecular flexibility index (Phi) is 11.0. The summed E-state index contributed by atoms with van der Waals surface area (Å²) >= 11 is -1.58. The Morgan fingerprint density at radius 1 is 0.655 bits per heavy atom. The third kappa shape index (κ3) is 8.42. The molecule has 3 aromatic heterocycles. The summed E-state index contributed by atoms with van der Waals surface area (Å²) in [4.78, 5) is 9.43. The molecule has 5 aromatic carbocycles. The minimum Gasteiger partial charge on any atom is -0.305 e. The summed E-state index contributed by atoms with van der Waals surface area (Å²) in [7, 11) is 0. The number of aromatic nitrogens is 3. The van der Waals surface area contributed by atoms with Gasteiger partial charge in [-0.1, -0.05) is 80.9 Å². The van der Waals surface area contributed by atoms with Crippen molar-refractivity contribution in [1.29, 1.82) is 0 Å². The first kappa shape index (κ1) is 38.5. The second-order valence-electron chi connectivity index (χ2n) is 16.4. The Morgan fingerprint density at radius 2 is 1.38 bits per heavy atom. The first-order valence-corrected chi connectivity index (χ1v) is 26.6. The molecule has 0 radical (unpaired) electrons.